The van der Waals surface area contributed by atoms with Gasteiger partial charge in [-0.2, -0.15) is 0 Å². The molecule has 0 amide bonds. The first-order valence-electron chi connectivity index (χ1n) is 6.07. The van der Waals surface area contributed by atoms with Crippen LogP contribution in [0, 0.1) is 10.1 Å². The van der Waals surface area contributed by atoms with Crippen LogP contribution in [-0.4, -0.2) is 20.8 Å². The van der Waals surface area contributed by atoms with Gasteiger partial charge in [-0.1, -0.05) is 27.2 Å². The summed E-state index contributed by atoms with van der Waals surface area (Å²) in [6.07, 6.45) is 1.80. The molecule has 1 rings (SSSR count). The molecule has 1 aromatic rings. The predicted molar refractivity (Wildman–Crippen MR) is 77.7 cm³/mol. The zero-order chi connectivity index (χ0) is 14.2. The van der Waals surface area contributed by atoms with Crippen molar-refractivity contribution in [3.63, 3.8) is 0 Å². The minimum Gasteiger partial charge on any atom is -0.263 e. The lowest BCUT2D eigenvalue weighted by atomic mass is 10.3. The number of hydrogen-bond donors (Lipinski definition) is 0. The quantitative estimate of drug-likeness (QED) is 0.468. The SMILES string of the molecule is C=S(=O)(CCCC)c1ccc([N+](=O)[O-])cc1.CC. The molecule has 102 valence electrons. The van der Waals surface area contributed by atoms with Gasteiger partial charge in [0.2, 0.25) is 0 Å². The molecule has 0 saturated heterocycles. The molecule has 18 heavy (non-hydrogen) atoms. The highest BCUT2D eigenvalue weighted by Crippen LogP contribution is 2.17. The Labute approximate surface area is 109 Å². The number of unbranched alkanes of at least 4 members (excludes halogenated alkanes) is 1. The smallest absolute Gasteiger partial charge is 0.263 e. The number of nitro benzene ring substituents is 1. The normalized spacial score (nSPS) is 13.1. The van der Waals surface area contributed by atoms with E-state index in [2.05, 4.69) is 5.87 Å². The Morgan fingerprint density at radius 3 is 2.17 bits per heavy atom. The summed E-state index contributed by atoms with van der Waals surface area (Å²) < 4.78 is 12.1. The van der Waals surface area contributed by atoms with Gasteiger partial charge in [0.15, 0.2) is 0 Å². The summed E-state index contributed by atoms with van der Waals surface area (Å²) in [7, 11) is -2.29. The van der Waals surface area contributed by atoms with Crippen molar-refractivity contribution in [1.29, 1.82) is 0 Å². The Bertz CT molecular complexity index is 464. The van der Waals surface area contributed by atoms with Crippen molar-refractivity contribution < 1.29 is 9.13 Å². The zero-order valence-corrected chi connectivity index (χ0v) is 12.0. The van der Waals surface area contributed by atoms with E-state index < -0.39 is 14.4 Å². The fourth-order valence-corrected chi connectivity index (χ4v) is 2.93. The Hall–Kier alpha value is -1.36. The first-order valence-corrected chi connectivity index (χ1v) is 7.96. The first-order chi connectivity index (χ1) is 8.47. The van der Waals surface area contributed by atoms with Crippen LogP contribution in [0.25, 0.3) is 0 Å². The highest BCUT2D eigenvalue weighted by Gasteiger charge is 2.10. The van der Waals surface area contributed by atoms with Crippen molar-refractivity contribution in [3.8, 4) is 0 Å². The maximum Gasteiger partial charge on any atom is 0.269 e. The molecule has 1 unspecified atom stereocenters. The van der Waals surface area contributed by atoms with E-state index in [0.717, 1.165) is 12.8 Å². The molecule has 0 N–H and O–H groups in total. The van der Waals surface area contributed by atoms with Gasteiger partial charge in [-0.3, -0.25) is 14.3 Å². The van der Waals surface area contributed by atoms with E-state index in [0.29, 0.717) is 10.6 Å². The minimum absolute atomic E-state index is 0.00874. The van der Waals surface area contributed by atoms with E-state index in [1.807, 2.05) is 20.8 Å². The van der Waals surface area contributed by atoms with Crippen molar-refractivity contribution in [1.82, 2.24) is 0 Å². The first kappa shape index (κ1) is 16.6. The molecule has 0 aromatic heterocycles. The van der Waals surface area contributed by atoms with Gasteiger partial charge in [-0.05, 0) is 33.9 Å². The van der Waals surface area contributed by atoms with Crippen LogP contribution < -0.4 is 0 Å². The van der Waals surface area contributed by atoms with Crippen molar-refractivity contribution in [2.45, 2.75) is 38.5 Å². The maximum atomic E-state index is 12.1. The number of hydrogen-bond acceptors (Lipinski definition) is 3. The van der Waals surface area contributed by atoms with Crippen molar-refractivity contribution >= 4 is 21.1 Å². The maximum absolute atomic E-state index is 12.1. The van der Waals surface area contributed by atoms with E-state index in [9.17, 15) is 14.3 Å². The predicted octanol–water partition coefficient (Wildman–Crippen LogP) is 3.50. The summed E-state index contributed by atoms with van der Waals surface area (Å²) in [5, 5.41) is 10.5. The van der Waals surface area contributed by atoms with Crippen LogP contribution in [0.5, 0.6) is 0 Å². The molecule has 0 fully saturated rings. The Kier molecular flexibility index (Phi) is 7.27. The molecule has 1 atom stereocenters. The second-order valence-electron chi connectivity index (χ2n) is 3.62. The minimum atomic E-state index is -2.29. The molecule has 0 spiro atoms. The van der Waals surface area contributed by atoms with Gasteiger partial charge < -0.3 is 0 Å². The van der Waals surface area contributed by atoms with Gasteiger partial charge in [0.1, 0.15) is 0 Å². The number of nitro groups is 1. The van der Waals surface area contributed by atoms with Crippen LogP contribution in [-0.2, 0) is 9.52 Å². The topological polar surface area (TPSA) is 60.2 Å². The van der Waals surface area contributed by atoms with E-state index in [1.165, 1.54) is 24.3 Å². The molecule has 4 nitrogen and oxygen atoms in total. The van der Waals surface area contributed by atoms with Crippen LogP contribution in [0.3, 0.4) is 0 Å². The molecule has 1 aromatic carbocycles. The van der Waals surface area contributed by atoms with E-state index in [-0.39, 0.29) is 5.69 Å². The van der Waals surface area contributed by atoms with Gasteiger partial charge in [0.05, 0.1) is 4.92 Å². The molecule has 5 heteroatoms. The lowest BCUT2D eigenvalue weighted by molar-refractivity contribution is -0.384. The highest BCUT2D eigenvalue weighted by molar-refractivity contribution is 8.00. The summed E-state index contributed by atoms with van der Waals surface area (Å²) in [4.78, 5) is 10.6. The summed E-state index contributed by atoms with van der Waals surface area (Å²) in [5.41, 5.74) is 0.00874. The number of non-ortho nitro benzene ring substituents is 1. The second-order valence-corrected chi connectivity index (χ2v) is 6.12. The third kappa shape index (κ3) is 4.87. The van der Waals surface area contributed by atoms with Gasteiger partial charge in [0, 0.05) is 22.8 Å². The molecular weight excluding hydrogens is 250 g/mol. The Morgan fingerprint density at radius 1 is 1.28 bits per heavy atom. The van der Waals surface area contributed by atoms with Crippen LogP contribution in [0.1, 0.15) is 33.6 Å². The largest absolute Gasteiger partial charge is 0.269 e. The fourth-order valence-electron chi connectivity index (χ4n) is 1.31. The van der Waals surface area contributed by atoms with Crippen molar-refractivity contribution in [2.75, 3.05) is 5.75 Å². The van der Waals surface area contributed by atoms with Gasteiger partial charge in [0.25, 0.3) is 5.69 Å². The standard InChI is InChI=1S/C11H15NO3S.C2H6/c1-3-4-9-16(2,15)11-7-5-10(6-8-11)12(13)14;1-2/h5-8H,2-4,9H2,1H3;1-2H3. The molecule has 0 saturated carbocycles. The van der Waals surface area contributed by atoms with E-state index in [1.54, 1.807) is 0 Å². The molecule has 0 aliphatic carbocycles. The number of nitrogens with zero attached hydrogens (tertiary/aromatic N) is 1. The average molecular weight is 271 g/mol. The third-order valence-electron chi connectivity index (χ3n) is 2.30. The monoisotopic (exact) mass is 271 g/mol. The molecule has 0 aliphatic heterocycles. The summed E-state index contributed by atoms with van der Waals surface area (Å²) >= 11 is 0. The molecular formula is C13H21NO3S. The van der Waals surface area contributed by atoms with Gasteiger partial charge in [-0.25, -0.2) is 0 Å². The highest BCUT2D eigenvalue weighted by atomic mass is 32.2. The van der Waals surface area contributed by atoms with Crippen molar-refractivity contribution in [3.05, 3.63) is 34.4 Å². The lowest BCUT2D eigenvalue weighted by Crippen LogP contribution is -2.06. The van der Waals surface area contributed by atoms with E-state index >= 15 is 0 Å². The van der Waals surface area contributed by atoms with Gasteiger partial charge >= 0.3 is 0 Å². The third-order valence-corrected chi connectivity index (χ3v) is 4.38. The van der Waals surface area contributed by atoms with Crippen molar-refractivity contribution in [2.24, 2.45) is 0 Å². The summed E-state index contributed by atoms with van der Waals surface area (Å²) in [6.45, 7) is 6.02. The molecule has 0 heterocycles. The second kappa shape index (κ2) is 7.87. The zero-order valence-electron chi connectivity index (χ0n) is 11.2. The lowest BCUT2D eigenvalue weighted by Gasteiger charge is -2.07. The van der Waals surface area contributed by atoms with E-state index in [4.69, 9.17) is 0 Å². The van der Waals surface area contributed by atoms with Gasteiger partial charge in [-0.15, -0.1) is 0 Å². The van der Waals surface area contributed by atoms with Crippen LogP contribution in [0.4, 0.5) is 5.69 Å². The fraction of sp³-hybridized carbons (Fsp3) is 0.462. The number of rotatable bonds is 5. The molecule has 0 radical (unpaired) electrons. The summed E-state index contributed by atoms with van der Waals surface area (Å²) in [6, 6.07) is 5.80. The van der Waals surface area contributed by atoms with Crippen LogP contribution in [0.2, 0.25) is 0 Å². The van der Waals surface area contributed by atoms with Crippen LogP contribution >= 0.6 is 0 Å². The Balaban J connectivity index is 0.00000137. The average Bonchev–Trinajstić information content (AvgIpc) is 2.39. The molecule has 0 aliphatic rings. The molecule has 0 bridgehead atoms. The Morgan fingerprint density at radius 2 is 1.78 bits per heavy atom. The summed E-state index contributed by atoms with van der Waals surface area (Å²) in [5.74, 6) is 4.24. The van der Waals surface area contributed by atoms with Crippen LogP contribution in [0.15, 0.2) is 29.2 Å². The number of benzene rings is 1.